The molecule has 1 unspecified atom stereocenters. The zero-order chi connectivity index (χ0) is 30.3. The summed E-state index contributed by atoms with van der Waals surface area (Å²) in [5, 5.41) is 21.3. The van der Waals surface area contributed by atoms with Gasteiger partial charge >= 0.3 is 0 Å². The molecule has 6 N–H and O–H groups in total. The Bertz CT molecular complexity index is 1440. The molecule has 0 saturated heterocycles. The van der Waals surface area contributed by atoms with Gasteiger partial charge in [0.05, 0.1) is 7.11 Å². The molecular weight excluding hydrogens is 534 g/mol. The topological polar surface area (TPSA) is 160 Å². The van der Waals surface area contributed by atoms with E-state index in [9.17, 15) is 4.79 Å². The maximum Gasteiger partial charge on any atom is 0.300 e. The second-order valence-electron chi connectivity index (χ2n) is 9.13. The zero-order valence-electron chi connectivity index (χ0n) is 23.5. The highest BCUT2D eigenvalue weighted by Crippen LogP contribution is 2.32. The predicted octanol–water partition coefficient (Wildman–Crippen LogP) is 4.56. The summed E-state index contributed by atoms with van der Waals surface area (Å²) in [4.78, 5) is 26.7. The van der Waals surface area contributed by atoms with Crippen molar-refractivity contribution in [1.82, 2.24) is 10.3 Å². The van der Waals surface area contributed by atoms with Gasteiger partial charge < -0.3 is 30.9 Å². The van der Waals surface area contributed by atoms with Crippen molar-refractivity contribution in [3.05, 3.63) is 120 Å². The van der Waals surface area contributed by atoms with Crippen LogP contribution in [-0.4, -0.2) is 41.5 Å². The Morgan fingerprint density at radius 3 is 2.29 bits per heavy atom. The van der Waals surface area contributed by atoms with Gasteiger partial charge in [0.25, 0.3) is 5.97 Å². The smallest absolute Gasteiger partial charge is 0.300 e. The van der Waals surface area contributed by atoms with Crippen molar-refractivity contribution in [1.29, 1.82) is 5.41 Å². The van der Waals surface area contributed by atoms with Crippen LogP contribution in [0.3, 0.4) is 0 Å². The maximum absolute atomic E-state index is 13.4. The lowest BCUT2D eigenvalue weighted by Gasteiger charge is -2.21. The van der Waals surface area contributed by atoms with Gasteiger partial charge in [-0.3, -0.25) is 20.0 Å². The van der Waals surface area contributed by atoms with Gasteiger partial charge in [0.15, 0.2) is 11.5 Å². The van der Waals surface area contributed by atoms with Crippen molar-refractivity contribution in [2.24, 2.45) is 5.73 Å². The minimum absolute atomic E-state index is 0.0174. The Morgan fingerprint density at radius 1 is 0.976 bits per heavy atom. The van der Waals surface area contributed by atoms with Gasteiger partial charge in [0, 0.05) is 43.0 Å². The van der Waals surface area contributed by atoms with Gasteiger partial charge in [-0.25, -0.2) is 0 Å². The number of carboxylic acid groups (broad SMARTS) is 1. The minimum Gasteiger partial charge on any atom is -0.493 e. The molecule has 3 aromatic carbocycles. The van der Waals surface area contributed by atoms with E-state index in [4.69, 9.17) is 30.5 Å². The van der Waals surface area contributed by atoms with Gasteiger partial charge in [-0.1, -0.05) is 42.5 Å². The molecule has 10 nitrogen and oxygen atoms in total. The lowest BCUT2D eigenvalue weighted by Crippen LogP contribution is -2.34. The molecule has 4 rings (SSSR count). The van der Waals surface area contributed by atoms with Crippen molar-refractivity contribution >= 4 is 23.4 Å². The third-order valence-electron chi connectivity index (χ3n) is 5.93. The fourth-order valence-electron chi connectivity index (χ4n) is 3.89. The first-order valence-corrected chi connectivity index (χ1v) is 13.2. The number of benzene rings is 3. The third kappa shape index (κ3) is 9.98. The van der Waals surface area contributed by atoms with E-state index in [1.165, 1.54) is 0 Å². The summed E-state index contributed by atoms with van der Waals surface area (Å²) in [5.74, 6) is 0.0615. The number of rotatable bonds is 12. The summed E-state index contributed by atoms with van der Waals surface area (Å²) in [7, 11) is 1.57. The number of pyridine rings is 1. The van der Waals surface area contributed by atoms with Crippen molar-refractivity contribution < 1.29 is 24.2 Å². The Morgan fingerprint density at radius 2 is 1.67 bits per heavy atom. The summed E-state index contributed by atoms with van der Waals surface area (Å²) in [6.45, 7) is 1.92. The number of amidine groups is 1. The number of nitrogen functional groups attached to an aromatic ring is 1. The van der Waals surface area contributed by atoms with E-state index in [1.807, 2.05) is 60.7 Å². The van der Waals surface area contributed by atoms with Crippen molar-refractivity contribution in [2.45, 2.75) is 26.0 Å². The second-order valence-corrected chi connectivity index (χ2v) is 9.13. The molecule has 0 aliphatic rings. The lowest BCUT2D eigenvalue weighted by atomic mass is 10.0. The summed E-state index contributed by atoms with van der Waals surface area (Å²) in [6, 6.07) is 27.4. The quantitative estimate of drug-likeness (QED) is 0.123. The first kappa shape index (κ1) is 31.2. The van der Waals surface area contributed by atoms with Crippen molar-refractivity contribution in [2.75, 3.05) is 19.0 Å². The zero-order valence-corrected chi connectivity index (χ0v) is 23.5. The molecule has 10 heteroatoms. The van der Waals surface area contributed by atoms with Crippen LogP contribution in [0.25, 0.3) is 0 Å². The number of aromatic nitrogens is 1. The molecule has 1 aromatic heterocycles. The number of nitrogens with zero attached hydrogens (tertiary/aromatic N) is 1. The molecular formula is C32H35N5O5. The standard InChI is InChI=1S/C30H31N5O3.C2H4O2/c1-37-27-19-23(12-15-26(27)38-20-21-7-3-2-4-8-21)28(35-25-13-10-22(11-14-25)29(31)32)30(36)34-18-16-24-9-5-6-17-33-24;1-2(3)4/h2-15,17,19,28,35H,16,18,20H2,1H3,(H3,31,32)(H,34,36);1H3,(H,3,4). The number of nitrogens with two attached hydrogens (primary N) is 1. The summed E-state index contributed by atoms with van der Waals surface area (Å²) in [5.41, 5.74) is 9.55. The molecule has 0 saturated carbocycles. The Kier molecular flexibility index (Phi) is 11.9. The number of aliphatic carboxylic acids is 1. The van der Waals surface area contributed by atoms with Gasteiger partial charge in [0.1, 0.15) is 18.5 Å². The number of carbonyl (C=O) groups is 2. The van der Waals surface area contributed by atoms with Gasteiger partial charge in [-0.05, 0) is 59.7 Å². The van der Waals surface area contributed by atoms with Gasteiger partial charge in [-0.2, -0.15) is 0 Å². The van der Waals surface area contributed by atoms with E-state index in [0.29, 0.717) is 47.9 Å². The van der Waals surface area contributed by atoms with E-state index in [0.717, 1.165) is 18.2 Å². The fourth-order valence-corrected chi connectivity index (χ4v) is 3.89. The van der Waals surface area contributed by atoms with E-state index in [-0.39, 0.29) is 11.7 Å². The average Bonchev–Trinajstić information content (AvgIpc) is 2.99. The largest absolute Gasteiger partial charge is 0.493 e. The number of methoxy groups -OCH3 is 1. The van der Waals surface area contributed by atoms with Gasteiger partial charge in [-0.15, -0.1) is 0 Å². The fraction of sp³-hybridized carbons (Fsp3) is 0.188. The van der Waals surface area contributed by atoms with Crippen LogP contribution in [0.15, 0.2) is 97.2 Å². The predicted molar refractivity (Wildman–Crippen MR) is 162 cm³/mol. The molecule has 0 spiro atoms. The highest BCUT2D eigenvalue weighted by atomic mass is 16.5. The van der Waals surface area contributed by atoms with Crippen LogP contribution in [0.1, 0.15) is 35.3 Å². The van der Waals surface area contributed by atoms with Crippen LogP contribution in [0.4, 0.5) is 5.69 Å². The van der Waals surface area contributed by atoms with E-state index >= 15 is 0 Å². The number of hydrogen-bond donors (Lipinski definition) is 5. The summed E-state index contributed by atoms with van der Waals surface area (Å²) < 4.78 is 11.6. The molecule has 0 aliphatic carbocycles. The first-order chi connectivity index (χ1) is 20.3. The molecule has 0 bridgehead atoms. The number of nitrogens with one attached hydrogen (secondary N) is 3. The number of carboxylic acids is 1. The minimum atomic E-state index is -0.833. The molecule has 42 heavy (non-hydrogen) atoms. The first-order valence-electron chi connectivity index (χ1n) is 13.2. The highest BCUT2D eigenvalue weighted by Gasteiger charge is 2.22. The Labute approximate surface area is 245 Å². The SMILES string of the molecule is CC(=O)O.COc1cc(C(Nc2ccc(C(=N)N)cc2)C(=O)NCCc2ccccn2)ccc1OCc1ccccc1. The normalized spacial score (nSPS) is 10.8. The molecule has 218 valence electrons. The van der Waals surface area contributed by atoms with E-state index in [2.05, 4.69) is 15.6 Å². The van der Waals surface area contributed by atoms with Gasteiger partial charge in [0.2, 0.25) is 5.91 Å². The van der Waals surface area contributed by atoms with E-state index in [1.54, 1.807) is 43.6 Å². The van der Waals surface area contributed by atoms with Crippen molar-refractivity contribution in [3.8, 4) is 11.5 Å². The van der Waals surface area contributed by atoms with Crippen LogP contribution in [0.5, 0.6) is 11.5 Å². The number of anilines is 1. The monoisotopic (exact) mass is 569 g/mol. The third-order valence-corrected chi connectivity index (χ3v) is 5.93. The molecule has 0 fully saturated rings. The van der Waals surface area contributed by atoms with E-state index < -0.39 is 12.0 Å². The maximum atomic E-state index is 13.4. The molecule has 1 heterocycles. The second kappa shape index (κ2) is 16.0. The van der Waals surface area contributed by atoms with Crippen LogP contribution in [-0.2, 0) is 22.6 Å². The number of amides is 1. The Hall–Kier alpha value is -5.38. The van der Waals surface area contributed by atoms with Crippen molar-refractivity contribution in [3.63, 3.8) is 0 Å². The number of ether oxygens (including phenoxy) is 2. The molecule has 0 aliphatic heterocycles. The number of carbonyl (C=O) groups excluding carboxylic acids is 1. The highest BCUT2D eigenvalue weighted by molar-refractivity contribution is 5.95. The van der Waals surface area contributed by atoms with Crippen LogP contribution in [0, 0.1) is 5.41 Å². The van der Waals surface area contributed by atoms with Crippen LogP contribution in [0.2, 0.25) is 0 Å². The Balaban J connectivity index is 0.00000114. The lowest BCUT2D eigenvalue weighted by molar-refractivity contribution is -0.134. The summed E-state index contributed by atoms with van der Waals surface area (Å²) in [6.07, 6.45) is 2.35. The summed E-state index contributed by atoms with van der Waals surface area (Å²) >= 11 is 0. The molecule has 1 amide bonds. The number of hydrogen-bond acceptors (Lipinski definition) is 7. The van der Waals surface area contributed by atoms with Crippen LogP contribution < -0.4 is 25.8 Å². The van der Waals surface area contributed by atoms with Crippen LogP contribution >= 0.6 is 0 Å². The molecule has 4 aromatic rings. The average molecular weight is 570 g/mol. The molecule has 1 atom stereocenters. The molecule has 0 radical (unpaired) electrons.